The maximum atomic E-state index is 13.9. The van der Waals surface area contributed by atoms with Crippen molar-refractivity contribution in [3.05, 3.63) is 35.4 Å². The van der Waals surface area contributed by atoms with Gasteiger partial charge in [-0.3, -0.25) is 0 Å². The molecule has 5 aliphatic rings. The van der Waals surface area contributed by atoms with Gasteiger partial charge in [0.15, 0.2) is 11.9 Å². The number of hydrogen-bond acceptors (Lipinski definition) is 9. The second kappa shape index (κ2) is 16.1. The maximum Gasteiger partial charge on any atom is 0.416 e. The highest BCUT2D eigenvalue weighted by Gasteiger charge is 2.69. The lowest BCUT2D eigenvalue weighted by atomic mass is 9.43. The van der Waals surface area contributed by atoms with Crippen LogP contribution in [-0.4, -0.2) is 98.6 Å². The van der Waals surface area contributed by atoms with Crippen molar-refractivity contribution in [3.8, 4) is 0 Å². The molecule has 6 rings (SSSR count). The summed E-state index contributed by atoms with van der Waals surface area (Å²) in [6, 6.07) is 5.95. The summed E-state index contributed by atoms with van der Waals surface area (Å²) < 4.78 is 84.6. The first kappa shape index (κ1) is 42.3. The van der Waals surface area contributed by atoms with Gasteiger partial charge in [-0.2, -0.15) is 13.2 Å². The SMILES string of the molecule is CCOCO[C@@]12CCC(c3cccc(C(F)(F)F)c3)[C@@]1(C)CC[C@@H]1[C@H]2CCC2CC(O[C@@H]3O[C@H](C)[C@](O)(COCC)[C@H](OC)[C@]3(O)COCC)CC[C@@]21C. The van der Waals surface area contributed by atoms with Crippen molar-refractivity contribution < 1.29 is 56.5 Å². The monoisotopic (exact) mass is 770 g/mol. The molecule has 0 bridgehead atoms. The average molecular weight is 771 g/mol. The zero-order valence-corrected chi connectivity index (χ0v) is 33.4. The fourth-order valence-electron chi connectivity index (χ4n) is 12.1. The summed E-state index contributed by atoms with van der Waals surface area (Å²) in [6.07, 6.45) is 0.333. The van der Waals surface area contributed by atoms with E-state index < -0.39 is 47.0 Å². The van der Waals surface area contributed by atoms with E-state index in [2.05, 4.69) is 13.8 Å². The quantitative estimate of drug-likeness (QED) is 0.112. The molecule has 0 radical (unpaired) electrons. The second-order valence-electron chi connectivity index (χ2n) is 17.3. The molecule has 54 heavy (non-hydrogen) atoms. The van der Waals surface area contributed by atoms with E-state index in [1.165, 1.54) is 13.2 Å². The molecule has 13 atom stereocenters. The average Bonchev–Trinajstić information content (AvgIpc) is 3.45. The van der Waals surface area contributed by atoms with Crippen molar-refractivity contribution >= 4 is 0 Å². The van der Waals surface area contributed by atoms with Gasteiger partial charge in [0.25, 0.3) is 0 Å². The molecule has 1 aromatic rings. The first-order chi connectivity index (χ1) is 25.6. The van der Waals surface area contributed by atoms with Crippen molar-refractivity contribution in [2.45, 2.75) is 153 Å². The molecule has 4 saturated carbocycles. The zero-order valence-electron chi connectivity index (χ0n) is 33.4. The smallest absolute Gasteiger partial charge is 0.382 e. The molecule has 0 aromatic heterocycles. The van der Waals surface area contributed by atoms with Crippen LogP contribution in [0.1, 0.15) is 116 Å². The Morgan fingerprint density at radius 1 is 0.852 bits per heavy atom. The summed E-state index contributed by atoms with van der Waals surface area (Å²) in [5.41, 5.74) is -4.12. The largest absolute Gasteiger partial charge is 0.416 e. The van der Waals surface area contributed by atoms with Crippen LogP contribution in [0, 0.1) is 28.6 Å². The van der Waals surface area contributed by atoms with Gasteiger partial charge in [-0.25, -0.2) is 0 Å². The lowest BCUT2D eigenvalue weighted by Gasteiger charge is -2.65. The molecule has 2 N–H and O–H groups in total. The molecule has 1 heterocycles. The van der Waals surface area contributed by atoms with Gasteiger partial charge in [-0.1, -0.05) is 32.0 Å². The number of benzene rings is 1. The van der Waals surface area contributed by atoms with E-state index in [9.17, 15) is 23.4 Å². The molecule has 0 spiro atoms. The number of methoxy groups -OCH3 is 1. The third-order valence-corrected chi connectivity index (χ3v) is 15.0. The van der Waals surface area contributed by atoms with Crippen LogP contribution in [0.3, 0.4) is 0 Å². The van der Waals surface area contributed by atoms with Crippen LogP contribution in [0.5, 0.6) is 0 Å². The highest BCUT2D eigenvalue weighted by atomic mass is 19.4. The molecule has 3 unspecified atom stereocenters. The molecule has 0 amide bonds. The Kier molecular flexibility index (Phi) is 12.6. The van der Waals surface area contributed by atoms with E-state index in [4.69, 9.17) is 33.2 Å². The number of ether oxygens (including phenoxy) is 7. The van der Waals surface area contributed by atoms with Gasteiger partial charge < -0.3 is 43.4 Å². The highest BCUT2D eigenvalue weighted by Crippen LogP contribution is 2.72. The molecule has 308 valence electrons. The van der Waals surface area contributed by atoms with Crippen molar-refractivity contribution in [2.75, 3.05) is 46.9 Å². The summed E-state index contributed by atoms with van der Waals surface area (Å²) in [5.74, 6) is 0.933. The number of hydrogen-bond donors (Lipinski definition) is 2. The lowest BCUT2D eigenvalue weighted by Crippen LogP contribution is -2.75. The number of alkyl halides is 3. The third kappa shape index (κ3) is 7.10. The predicted octanol–water partition coefficient (Wildman–Crippen LogP) is 7.65. The Morgan fingerprint density at radius 2 is 1.56 bits per heavy atom. The summed E-state index contributed by atoms with van der Waals surface area (Å²) in [7, 11) is 1.46. The summed E-state index contributed by atoms with van der Waals surface area (Å²) >= 11 is 0. The molecular formula is C42H65F3O9. The normalized spacial score (nSPS) is 43.7. The standard InChI is InChI=1S/C42H65F3O9/c1-8-49-24-39(46)27(4)53-36(40(47,25-50-9-2)35(39)48-7)54-31-16-19-37(5)29(23-31)14-15-34-33(37)17-20-38(6)32(18-21-41(34,38)52-26-51-10-3)28-12-11-13-30(22-28)42(43,44)45/h11-13,22,27,29,31-36,46-47H,8-10,14-21,23-26H2,1-7H3/t27-,29?,31?,32?,33-,34-,35+,36+,37+,38-,39-,40-,41-/m1/s1. The molecule has 4 aliphatic carbocycles. The fraction of sp³-hybridized carbons (Fsp3) is 0.857. The highest BCUT2D eigenvalue weighted by molar-refractivity contribution is 5.34. The fourth-order valence-corrected chi connectivity index (χ4v) is 12.1. The number of rotatable bonds is 14. The second-order valence-corrected chi connectivity index (χ2v) is 17.3. The van der Waals surface area contributed by atoms with E-state index in [1.54, 1.807) is 13.0 Å². The Morgan fingerprint density at radius 3 is 2.22 bits per heavy atom. The predicted molar refractivity (Wildman–Crippen MR) is 196 cm³/mol. The molecule has 5 fully saturated rings. The molecule has 12 heteroatoms. The third-order valence-electron chi connectivity index (χ3n) is 15.0. The van der Waals surface area contributed by atoms with Crippen molar-refractivity contribution in [2.24, 2.45) is 28.6 Å². The molecule has 9 nitrogen and oxygen atoms in total. The van der Waals surface area contributed by atoms with Crippen LogP contribution >= 0.6 is 0 Å². The van der Waals surface area contributed by atoms with Gasteiger partial charge >= 0.3 is 6.18 Å². The van der Waals surface area contributed by atoms with E-state index in [0.29, 0.717) is 31.7 Å². The van der Waals surface area contributed by atoms with E-state index in [-0.39, 0.29) is 48.8 Å². The van der Waals surface area contributed by atoms with Crippen molar-refractivity contribution in [1.82, 2.24) is 0 Å². The topological polar surface area (TPSA) is 105 Å². The summed E-state index contributed by atoms with van der Waals surface area (Å²) in [4.78, 5) is 0. The maximum absolute atomic E-state index is 13.9. The zero-order chi connectivity index (χ0) is 39.2. The minimum absolute atomic E-state index is 0.00944. The van der Waals surface area contributed by atoms with Gasteiger partial charge in [-0.05, 0) is 126 Å². The number of aliphatic hydroxyl groups is 2. The minimum atomic E-state index is -4.40. The van der Waals surface area contributed by atoms with Crippen LogP contribution in [0.15, 0.2) is 24.3 Å². The van der Waals surface area contributed by atoms with Gasteiger partial charge in [0, 0.05) is 32.3 Å². The Labute approximate surface area is 319 Å². The van der Waals surface area contributed by atoms with Crippen molar-refractivity contribution in [3.63, 3.8) is 0 Å². The summed E-state index contributed by atoms with van der Waals surface area (Å²) in [6.45, 7) is 13.3. The number of halogens is 3. The molecule has 1 aliphatic heterocycles. The van der Waals surface area contributed by atoms with Crippen molar-refractivity contribution in [1.29, 1.82) is 0 Å². The Hall–Kier alpha value is -1.35. The van der Waals surface area contributed by atoms with E-state index >= 15 is 0 Å². The van der Waals surface area contributed by atoms with Gasteiger partial charge in [0.2, 0.25) is 0 Å². The van der Waals surface area contributed by atoms with Gasteiger partial charge in [0.1, 0.15) is 18.5 Å². The van der Waals surface area contributed by atoms with E-state index in [1.807, 2.05) is 26.8 Å². The molecule has 1 aromatic carbocycles. The van der Waals surface area contributed by atoms with E-state index in [0.717, 1.165) is 69.4 Å². The van der Waals surface area contributed by atoms with Crippen LogP contribution in [0.4, 0.5) is 13.2 Å². The first-order valence-corrected chi connectivity index (χ1v) is 20.4. The Balaban J connectivity index is 1.23. The molecule has 1 saturated heterocycles. The first-order valence-electron chi connectivity index (χ1n) is 20.4. The lowest BCUT2D eigenvalue weighted by molar-refractivity contribution is -0.386. The summed E-state index contributed by atoms with van der Waals surface area (Å²) in [5, 5.41) is 24.0. The van der Waals surface area contributed by atoms with Crippen LogP contribution in [0.2, 0.25) is 0 Å². The molecular weight excluding hydrogens is 705 g/mol. The minimum Gasteiger partial charge on any atom is -0.382 e. The van der Waals surface area contributed by atoms with Crippen LogP contribution < -0.4 is 0 Å². The van der Waals surface area contributed by atoms with Crippen LogP contribution in [0.25, 0.3) is 0 Å². The number of fused-ring (bicyclic) bond motifs is 5. The van der Waals surface area contributed by atoms with Crippen LogP contribution in [-0.2, 0) is 39.3 Å². The Bertz CT molecular complexity index is 1410. The van der Waals surface area contributed by atoms with Gasteiger partial charge in [0.05, 0.1) is 36.6 Å². The van der Waals surface area contributed by atoms with Gasteiger partial charge in [-0.15, -0.1) is 0 Å².